The average molecular weight is 167 g/mol. The van der Waals surface area contributed by atoms with E-state index in [-0.39, 0.29) is 0 Å². The topological polar surface area (TPSA) is 12.0 Å². The van der Waals surface area contributed by atoms with Gasteiger partial charge < -0.3 is 5.32 Å². The predicted octanol–water partition coefficient (Wildman–Crippen LogP) is 2.56. The van der Waals surface area contributed by atoms with Crippen molar-refractivity contribution in [2.45, 2.75) is 51.5 Å². The van der Waals surface area contributed by atoms with Gasteiger partial charge in [-0.1, -0.05) is 26.2 Å². The van der Waals surface area contributed by atoms with Crippen LogP contribution in [0.3, 0.4) is 0 Å². The van der Waals surface area contributed by atoms with Crippen LogP contribution in [0.4, 0.5) is 0 Å². The molecule has 0 saturated heterocycles. The summed E-state index contributed by atoms with van der Waals surface area (Å²) in [6.07, 6.45) is 9.00. The number of hydrogen-bond acceptors (Lipinski definition) is 1. The monoisotopic (exact) mass is 167 g/mol. The van der Waals surface area contributed by atoms with Gasteiger partial charge in [-0.05, 0) is 37.6 Å². The van der Waals surface area contributed by atoms with Crippen LogP contribution in [0.2, 0.25) is 0 Å². The maximum Gasteiger partial charge on any atom is 0.00722 e. The van der Waals surface area contributed by atoms with Crippen molar-refractivity contribution in [3.8, 4) is 0 Å². The minimum Gasteiger partial charge on any atom is -0.314 e. The molecule has 0 amide bonds. The van der Waals surface area contributed by atoms with Gasteiger partial charge in [0.25, 0.3) is 0 Å². The second-order valence-electron chi connectivity index (χ2n) is 4.62. The number of hydrogen-bond donors (Lipinski definition) is 1. The van der Waals surface area contributed by atoms with Crippen LogP contribution in [-0.4, -0.2) is 12.6 Å². The zero-order valence-corrected chi connectivity index (χ0v) is 8.18. The summed E-state index contributed by atoms with van der Waals surface area (Å²) in [7, 11) is 0. The van der Waals surface area contributed by atoms with E-state index in [9.17, 15) is 0 Å². The standard InChI is InChI=1S/C11H21N/c1-2-12-11-7-9-4-3-5-10(6-9)8-11/h9-12H,2-8H2,1H3. The Morgan fingerprint density at radius 3 is 2.33 bits per heavy atom. The highest BCUT2D eigenvalue weighted by Gasteiger charge is 2.30. The van der Waals surface area contributed by atoms with E-state index >= 15 is 0 Å². The highest BCUT2D eigenvalue weighted by atomic mass is 14.9. The van der Waals surface area contributed by atoms with Crippen LogP contribution < -0.4 is 5.32 Å². The minimum absolute atomic E-state index is 0.860. The molecule has 2 fully saturated rings. The van der Waals surface area contributed by atoms with Gasteiger partial charge in [0.15, 0.2) is 0 Å². The summed E-state index contributed by atoms with van der Waals surface area (Å²) in [5, 5.41) is 3.61. The van der Waals surface area contributed by atoms with Gasteiger partial charge in [-0.15, -0.1) is 0 Å². The van der Waals surface area contributed by atoms with E-state index in [0.29, 0.717) is 0 Å². The normalized spacial score (nSPS) is 41.2. The Hall–Kier alpha value is -0.0400. The summed E-state index contributed by atoms with van der Waals surface area (Å²) in [5.74, 6) is 2.14. The molecule has 12 heavy (non-hydrogen) atoms. The molecule has 2 unspecified atom stereocenters. The first-order chi connectivity index (χ1) is 5.88. The molecule has 0 spiro atoms. The van der Waals surface area contributed by atoms with E-state index < -0.39 is 0 Å². The first-order valence-electron chi connectivity index (χ1n) is 5.62. The number of fused-ring (bicyclic) bond motifs is 2. The zero-order chi connectivity index (χ0) is 8.39. The molecule has 2 saturated carbocycles. The summed E-state index contributed by atoms with van der Waals surface area (Å²) in [4.78, 5) is 0. The third-order valence-electron chi connectivity index (χ3n) is 3.62. The van der Waals surface area contributed by atoms with Crippen LogP contribution in [0.1, 0.15) is 45.4 Å². The van der Waals surface area contributed by atoms with Gasteiger partial charge >= 0.3 is 0 Å². The SMILES string of the molecule is CCNC1CC2CCCC(C2)C1. The molecule has 0 radical (unpaired) electrons. The molecule has 1 nitrogen and oxygen atoms in total. The van der Waals surface area contributed by atoms with Gasteiger partial charge in [-0.3, -0.25) is 0 Å². The van der Waals surface area contributed by atoms with E-state index in [4.69, 9.17) is 0 Å². The fourth-order valence-electron chi connectivity index (χ4n) is 3.19. The highest BCUT2D eigenvalue weighted by Crippen LogP contribution is 2.39. The van der Waals surface area contributed by atoms with Crippen LogP contribution in [0.25, 0.3) is 0 Å². The van der Waals surface area contributed by atoms with E-state index in [2.05, 4.69) is 12.2 Å². The highest BCUT2D eigenvalue weighted by molar-refractivity contribution is 4.85. The Labute approximate surface area is 75.9 Å². The molecule has 0 aromatic rings. The molecular formula is C11H21N. The molecule has 2 rings (SSSR count). The second-order valence-corrected chi connectivity index (χ2v) is 4.62. The third-order valence-corrected chi connectivity index (χ3v) is 3.62. The van der Waals surface area contributed by atoms with Crippen molar-refractivity contribution in [2.24, 2.45) is 11.8 Å². The second kappa shape index (κ2) is 3.78. The van der Waals surface area contributed by atoms with Crippen LogP contribution in [0, 0.1) is 11.8 Å². The summed E-state index contributed by atoms with van der Waals surface area (Å²) < 4.78 is 0. The smallest absolute Gasteiger partial charge is 0.00722 e. The van der Waals surface area contributed by atoms with Crippen molar-refractivity contribution >= 4 is 0 Å². The zero-order valence-electron chi connectivity index (χ0n) is 8.18. The van der Waals surface area contributed by atoms with E-state index in [1.54, 1.807) is 6.42 Å². The van der Waals surface area contributed by atoms with Gasteiger partial charge in [0, 0.05) is 6.04 Å². The lowest BCUT2D eigenvalue weighted by Gasteiger charge is -2.39. The van der Waals surface area contributed by atoms with E-state index in [0.717, 1.165) is 24.4 Å². The van der Waals surface area contributed by atoms with E-state index in [1.165, 1.54) is 32.1 Å². The Bertz CT molecular complexity index is 132. The van der Waals surface area contributed by atoms with Gasteiger partial charge in [-0.25, -0.2) is 0 Å². The number of nitrogens with one attached hydrogen (secondary N) is 1. The minimum atomic E-state index is 0.860. The first kappa shape index (κ1) is 8.55. The fourth-order valence-corrected chi connectivity index (χ4v) is 3.19. The molecule has 0 aromatic heterocycles. The summed E-state index contributed by atoms with van der Waals surface area (Å²) in [6.45, 7) is 3.38. The van der Waals surface area contributed by atoms with Crippen molar-refractivity contribution in [1.29, 1.82) is 0 Å². The first-order valence-corrected chi connectivity index (χ1v) is 5.62. The van der Waals surface area contributed by atoms with Crippen LogP contribution in [0.5, 0.6) is 0 Å². The Kier molecular flexibility index (Phi) is 2.69. The molecule has 2 aliphatic rings. The Morgan fingerprint density at radius 1 is 1.08 bits per heavy atom. The van der Waals surface area contributed by atoms with Gasteiger partial charge in [0.1, 0.15) is 0 Å². The maximum absolute atomic E-state index is 3.61. The molecule has 2 bridgehead atoms. The fraction of sp³-hybridized carbons (Fsp3) is 1.00. The van der Waals surface area contributed by atoms with E-state index in [1.807, 2.05) is 0 Å². The van der Waals surface area contributed by atoms with Gasteiger partial charge in [-0.2, -0.15) is 0 Å². The van der Waals surface area contributed by atoms with Crippen molar-refractivity contribution in [2.75, 3.05) is 6.54 Å². The molecule has 2 aliphatic carbocycles. The molecular weight excluding hydrogens is 146 g/mol. The van der Waals surface area contributed by atoms with Crippen LogP contribution in [-0.2, 0) is 0 Å². The van der Waals surface area contributed by atoms with Gasteiger partial charge in [0.05, 0.1) is 0 Å². The molecule has 0 aromatic carbocycles. The largest absolute Gasteiger partial charge is 0.314 e. The predicted molar refractivity (Wildman–Crippen MR) is 52.1 cm³/mol. The lowest BCUT2D eigenvalue weighted by molar-refractivity contribution is 0.155. The lowest BCUT2D eigenvalue weighted by atomic mass is 9.70. The van der Waals surface area contributed by atoms with Crippen molar-refractivity contribution in [3.05, 3.63) is 0 Å². The maximum atomic E-state index is 3.61. The van der Waals surface area contributed by atoms with Crippen LogP contribution >= 0.6 is 0 Å². The number of rotatable bonds is 2. The Morgan fingerprint density at radius 2 is 1.75 bits per heavy atom. The van der Waals surface area contributed by atoms with Crippen molar-refractivity contribution < 1.29 is 0 Å². The molecule has 2 atom stereocenters. The van der Waals surface area contributed by atoms with Crippen molar-refractivity contribution in [1.82, 2.24) is 5.32 Å². The molecule has 1 N–H and O–H groups in total. The van der Waals surface area contributed by atoms with Gasteiger partial charge in [0.2, 0.25) is 0 Å². The molecule has 0 aliphatic heterocycles. The van der Waals surface area contributed by atoms with Crippen LogP contribution in [0.15, 0.2) is 0 Å². The molecule has 70 valence electrons. The Balaban J connectivity index is 1.87. The summed E-state index contributed by atoms with van der Waals surface area (Å²) in [6, 6.07) is 0.860. The van der Waals surface area contributed by atoms with Crippen molar-refractivity contribution in [3.63, 3.8) is 0 Å². The lowest BCUT2D eigenvalue weighted by Crippen LogP contribution is -2.39. The summed E-state index contributed by atoms with van der Waals surface area (Å²) >= 11 is 0. The third kappa shape index (κ3) is 1.82. The summed E-state index contributed by atoms with van der Waals surface area (Å²) in [5.41, 5.74) is 0. The molecule has 0 heterocycles. The molecule has 1 heteroatoms. The quantitative estimate of drug-likeness (QED) is 0.666. The average Bonchev–Trinajstić information content (AvgIpc) is 2.04.